The van der Waals surface area contributed by atoms with Crippen LogP contribution in [0.25, 0.3) is 0 Å². The zero-order chi connectivity index (χ0) is 12.3. The number of halogens is 1. The van der Waals surface area contributed by atoms with Crippen molar-refractivity contribution in [3.63, 3.8) is 0 Å². The van der Waals surface area contributed by atoms with Crippen molar-refractivity contribution in [3.05, 3.63) is 22.7 Å². The normalized spacial score (nSPS) is 21.2. The molecule has 3 nitrogen and oxygen atoms in total. The summed E-state index contributed by atoms with van der Waals surface area (Å²) in [6.07, 6.45) is 2.59. The molecule has 1 aromatic carbocycles. The minimum absolute atomic E-state index is 0.275. The molecule has 0 saturated carbocycles. The molecule has 1 aliphatic rings. The van der Waals surface area contributed by atoms with Crippen LogP contribution >= 0.6 is 15.9 Å². The summed E-state index contributed by atoms with van der Waals surface area (Å²) in [6, 6.07) is 5.84. The lowest BCUT2D eigenvalue weighted by molar-refractivity contribution is 0.103. The Labute approximate surface area is 111 Å². The van der Waals surface area contributed by atoms with Gasteiger partial charge in [-0.25, -0.2) is 0 Å². The number of piperidine rings is 1. The van der Waals surface area contributed by atoms with Crippen molar-refractivity contribution >= 4 is 15.9 Å². The number of benzene rings is 1. The molecule has 94 valence electrons. The molecule has 0 amide bonds. The van der Waals surface area contributed by atoms with Gasteiger partial charge in [-0.05, 0) is 54.5 Å². The highest BCUT2D eigenvalue weighted by Crippen LogP contribution is 2.35. The third-order valence-corrected chi connectivity index (χ3v) is 3.80. The van der Waals surface area contributed by atoms with Crippen LogP contribution in [0, 0.1) is 0 Å². The van der Waals surface area contributed by atoms with Crippen molar-refractivity contribution in [2.75, 3.05) is 27.2 Å². The summed E-state index contributed by atoms with van der Waals surface area (Å²) in [5.74, 6) is 1.68. The van der Waals surface area contributed by atoms with Crippen molar-refractivity contribution < 1.29 is 9.47 Å². The highest BCUT2D eigenvalue weighted by atomic mass is 79.9. The molecular formula is C13H18BrNO2. The van der Waals surface area contributed by atoms with Crippen molar-refractivity contribution in [1.82, 2.24) is 4.90 Å². The number of rotatable bonds is 3. The molecule has 4 heteroatoms. The Hall–Kier alpha value is -0.740. The molecule has 1 aliphatic heterocycles. The van der Waals surface area contributed by atoms with Crippen LogP contribution in [-0.2, 0) is 0 Å². The van der Waals surface area contributed by atoms with E-state index in [0.29, 0.717) is 0 Å². The van der Waals surface area contributed by atoms with Crippen molar-refractivity contribution in [2.24, 2.45) is 0 Å². The first kappa shape index (κ1) is 12.7. The molecule has 0 spiro atoms. The second-order valence-corrected chi connectivity index (χ2v) is 5.21. The molecule has 1 fully saturated rings. The Kier molecular flexibility index (Phi) is 4.29. The second kappa shape index (κ2) is 5.74. The second-order valence-electron chi connectivity index (χ2n) is 4.42. The van der Waals surface area contributed by atoms with E-state index in [4.69, 9.17) is 9.47 Å². The topological polar surface area (TPSA) is 21.7 Å². The first-order chi connectivity index (χ1) is 8.20. The quantitative estimate of drug-likeness (QED) is 0.856. The van der Waals surface area contributed by atoms with E-state index in [9.17, 15) is 0 Å². The maximum Gasteiger partial charge on any atom is 0.137 e. The highest BCUT2D eigenvalue weighted by Gasteiger charge is 2.20. The van der Waals surface area contributed by atoms with E-state index in [1.807, 2.05) is 18.2 Å². The Morgan fingerprint density at radius 2 is 2.12 bits per heavy atom. The van der Waals surface area contributed by atoms with Crippen molar-refractivity contribution in [2.45, 2.75) is 18.9 Å². The smallest absolute Gasteiger partial charge is 0.137 e. The molecule has 17 heavy (non-hydrogen) atoms. The van der Waals surface area contributed by atoms with Crippen LogP contribution in [0.2, 0.25) is 0 Å². The molecule has 1 saturated heterocycles. The van der Waals surface area contributed by atoms with Gasteiger partial charge in [0.2, 0.25) is 0 Å². The standard InChI is InChI=1S/C13H18BrNO2/c1-15-8-4-5-10(9-15)17-12-7-3-6-11(16-2)13(12)14/h3,6-7,10H,4-5,8-9H2,1-2H3. The molecule has 0 N–H and O–H groups in total. The summed E-state index contributed by atoms with van der Waals surface area (Å²) >= 11 is 3.52. The van der Waals surface area contributed by atoms with Crippen LogP contribution in [0.3, 0.4) is 0 Å². The van der Waals surface area contributed by atoms with Gasteiger partial charge in [0.1, 0.15) is 22.1 Å². The van der Waals surface area contributed by atoms with Gasteiger partial charge in [-0.1, -0.05) is 6.07 Å². The lowest BCUT2D eigenvalue weighted by atomic mass is 10.1. The van der Waals surface area contributed by atoms with Crippen LogP contribution in [0.15, 0.2) is 22.7 Å². The molecule has 0 bridgehead atoms. The SMILES string of the molecule is COc1cccc(OC2CCCN(C)C2)c1Br. The van der Waals surface area contributed by atoms with Crippen molar-refractivity contribution in [1.29, 1.82) is 0 Å². The lowest BCUT2D eigenvalue weighted by Crippen LogP contribution is -2.38. The Morgan fingerprint density at radius 3 is 2.82 bits per heavy atom. The van der Waals surface area contributed by atoms with Crippen molar-refractivity contribution in [3.8, 4) is 11.5 Å². The average Bonchev–Trinajstić information content (AvgIpc) is 2.32. The summed E-state index contributed by atoms with van der Waals surface area (Å²) in [5.41, 5.74) is 0. The highest BCUT2D eigenvalue weighted by molar-refractivity contribution is 9.10. The van der Waals surface area contributed by atoms with E-state index in [0.717, 1.165) is 28.9 Å². The lowest BCUT2D eigenvalue weighted by Gasteiger charge is -2.30. The summed E-state index contributed by atoms with van der Waals surface area (Å²) in [5, 5.41) is 0. The number of likely N-dealkylation sites (N-methyl/N-ethyl adjacent to an activating group) is 1. The van der Waals surface area contributed by atoms with Crippen LogP contribution in [0.1, 0.15) is 12.8 Å². The fraction of sp³-hybridized carbons (Fsp3) is 0.538. The van der Waals surface area contributed by atoms with Gasteiger partial charge >= 0.3 is 0 Å². The third kappa shape index (κ3) is 3.13. The Balaban J connectivity index is 2.07. The van der Waals surface area contributed by atoms with E-state index in [1.165, 1.54) is 13.0 Å². The van der Waals surface area contributed by atoms with E-state index < -0.39 is 0 Å². The predicted molar refractivity (Wildman–Crippen MR) is 71.8 cm³/mol. The van der Waals surface area contributed by atoms with Gasteiger partial charge in [0.15, 0.2) is 0 Å². The molecule has 1 unspecified atom stereocenters. The van der Waals surface area contributed by atoms with Gasteiger partial charge in [0.25, 0.3) is 0 Å². The first-order valence-corrected chi connectivity index (χ1v) is 6.67. The van der Waals surface area contributed by atoms with Crippen LogP contribution in [-0.4, -0.2) is 38.3 Å². The monoisotopic (exact) mass is 299 g/mol. The molecule has 0 aromatic heterocycles. The van der Waals surface area contributed by atoms with Crippen LogP contribution in [0.5, 0.6) is 11.5 Å². The molecular weight excluding hydrogens is 282 g/mol. The molecule has 1 aromatic rings. The number of hydrogen-bond donors (Lipinski definition) is 0. The summed E-state index contributed by atoms with van der Waals surface area (Å²) < 4.78 is 12.2. The first-order valence-electron chi connectivity index (χ1n) is 5.88. The maximum absolute atomic E-state index is 6.03. The number of nitrogens with zero attached hydrogens (tertiary/aromatic N) is 1. The fourth-order valence-electron chi connectivity index (χ4n) is 2.13. The van der Waals surface area contributed by atoms with Gasteiger partial charge in [-0.3, -0.25) is 0 Å². The number of methoxy groups -OCH3 is 1. The van der Waals surface area contributed by atoms with Gasteiger partial charge in [0.05, 0.1) is 7.11 Å². The zero-order valence-corrected chi connectivity index (χ0v) is 11.9. The number of hydrogen-bond acceptors (Lipinski definition) is 3. The van der Waals surface area contributed by atoms with E-state index in [1.54, 1.807) is 7.11 Å². The van der Waals surface area contributed by atoms with Crippen LogP contribution in [0.4, 0.5) is 0 Å². The minimum atomic E-state index is 0.275. The van der Waals surface area contributed by atoms with Crippen LogP contribution < -0.4 is 9.47 Å². The van der Waals surface area contributed by atoms with E-state index in [2.05, 4.69) is 27.9 Å². The summed E-state index contributed by atoms with van der Waals surface area (Å²) in [4.78, 5) is 2.31. The largest absolute Gasteiger partial charge is 0.495 e. The number of ether oxygens (including phenoxy) is 2. The molecule has 1 atom stereocenters. The fourth-order valence-corrected chi connectivity index (χ4v) is 2.65. The maximum atomic E-state index is 6.03. The summed E-state index contributed by atoms with van der Waals surface area (Å²) in [6.45, 7) is 2.16. The molecule has 1 heterocycles. The van der Waals surface area contributed by atoms with E-state index >= 15 is 0 Å². The molecule has 0 aliphatic carbocycles. The van der Waals surface area contributed by atoms with Gasteiger partial charge in [-0.2, -0.15) is 0 Å². The predicted octanol–water partition coefficient (Wildman–Crippen LogP) is 2.93. The van der Waals surface area contributed by atoms with Gasteiger partial charge in [0, 0.05) is 6.54 Å². The Bertz CT molecular complexity index is 384. The molecule has 0 radical (unpaired) electrons. The summed E-state index contributed by atoms with van der Waals surface area (Å²) in [7, 11) is 3.80. The molecule has 2 rings (SSSR count). The van der Waals surface area contributed by atoms with E-state index in [-0.39, 0.29) is 6.10 Å². The third-order valence-electron chi connectivity index (χ3n) is 3.02. The average molecular weight is 300 g/mol. The zero-order valence-electron chi connectivity index (χ0n) is 10.3. The number of likely N-dealkylation sites (tertiary alicyclic amines) is 1. The minimum Gasteiger partial charge on any atom is -0.495 e. The van der Waals surface area contributed by atoms with Gasteiger partial charge in [-0.15, -0.1) is 0 Å². The Morgan fingerprint density at radius 1 is 1.35 bits per heavy atom. The van der Waals surface area contributed by atoms with Gasteiger partial charge < -0.3 is 14.4 Å².